The van der Waals surface area contributed by atoms with E-state index in [2.05, 4.69) is 19.5 Å². The molecule has 1 aliphatic rings. The van der Waals surface area contributed by atoms with E-state index in [-0.39, 0.29) is 16.1 Å². The van der Waals surface area contributed by atoms with Gasteiger partial charge in [0.05, 0.1) is 9.82 Å². The number of nitrogens with zero attached hydrogens (tertiary/aromatic N) is 4. The van der Waals surface area contributed by atoms with Gasteiger partial charge in [-0.1, -0.05) is 24.6 Å². The summed E-state index contributed by atoms with van der Waals surface area (Å²) in [6.45, 7) is 2.26. The molecule has 0 bridgehead atoms. The zero-order valence-electron chi connectivity index (χ0n) is 16.4. The molecule has 2 heterocycles. The normalized spacial score (nSPS) is 14.0. The molecule has 1 aromatic heterocycles. The monoisotopic (exact) mass is 427 g/mol. The topological polar surface area (TPSA) is 120 Å². The molecule has 9 nitrogen and oxygen atoms in total. The predicted octanol–water partition coefficient (Wildman–Crippen LogP) is 3.69. The average molecular weight is 427 g/mol. The second-order valence-electron chi connectivity index (χ2n) is 7.25. The van der Waals surface area contributed by atoms with Crippen LogP contribution in [0.5, 0.6) is 0 Å². The van der Waals surface area contributed by atoms with Crippen LogP contribution in [0.1, 0.15) is 30.7 Å². The molecule has 0 unspecified atom stereocenters. The maximum absolute atomic E-state index is 12.9. The summed E-state index contributed by atoms with van der Waals surface area (Å²) in [4.78, 5) is 10.4. The molecule has 4 rings (SSSR count). The Morgan fingerprint density at radius 1 is 1.10 bits per heavy atom. The summed E-state index contributed by atoms with van der Waals surface area (Å²) in [7, 11) is -4.01. The van der Waals surface area contributed by atoms with Gasteiger partial charge in [0.25, 0.3) is 15.7 Å². The molecule has 3 aromatic rings. The summed E-state index contributed by atoms with van der Waals surface area (Å²) in [6.07, 6.45) is 4.16. The minimum Gasteiger partial charge on any atom is -0.311 e. The predicted molar refractivity (Wildman–Crippen MR) is 112 cm³/mol. The van der Waals surface area contributed by atoms with E-state index >= 15 is 0 Å². The molecule has 0 saturated carbocycles. The third-order valence-electron chi connectivity index (χ3n) is 5.22. The third-order valence-corrected chi connectivity index (χ3v) is 6.75. The minimum atomic E-state index is -4.01. The summed E-state index contributed by atoms with van der Waals surface area (Å²) in [5, 5.41) is 19.8. The van der Waals surface area contributed by atoms with Crippen molar-refractivity contribution in [2.75, 3.05) is 4.72 Å². The Kier molecular flexibility index (Phi) is 5.25. The lowest BCUT2D eigenvalue weighted by molar-refractivity contribution is -0.385. The summed E-state index contributed by atoms with van der Waals surface area (Å²) in [6, 6.07) is 10.9. The van der Waals surface area contributed by atoms with Crippen LogP contribution in [0.3, 0.4) is 0 Å². The van der Waals surface area contributed by atoms with Crippen molar-refractivity contribution >= 4 is 21.4 Å². The van der Waals surface area contributed by atoms with E-state index in [1.807, 2.05) is 6.07 Å². The summed E-state index contributed by atoms with van der Waals surface area (Å²) in [5.74, 6) is 1.65. The van der Waals surface area contributed by atoms with Gasteiger partial charge in [-0.3, -0.25) is 14.8 Å². The van der Waals surface area contributed by atoms with Crippen molar-refractivity contribution in [1.29, 1.82) is 0 Å². The van der Waals surface area contributed by atoms with Crippen LogP contribution in [-0.2, 0) is 23.0 Å². The van der Waals surface area contributed by atoms with Crippen LogP contribution in [0.15, 0.2) is 47.4 Å². The van der Waals surface area contributed by atoms with E-state index in [0.717, 1.165) is 43.6 Å². The smallest absolute Gasteiger partial charge is 0.273 e. The molecule has 1 N–H and O–H groups in total. The van der Waals surface area contributed by atoms with Crippen LogP contribution in [0.2, 0.25) is 0 Å². The molecule has 10 heteroatoms. The molecule has 0 spiro atoms. The van der Waals surface area contributed by atoms with E-state index in [4.69, 9.17) is 0 Å². The van der Waals surface area contributed by atoms with Gasteiger partial charge in [-0.05, 0) is 38.0 Å². The van der Waals surface area contributed by atoms with Crippen LogP contribution in [0.25, 0.3) is 11.4 Å². The quantitative estimate of drug-likeness (QED) is 0.490. The fourth-order valence-corrected chi connectivity index (χ4v) is 5.03. The maximum Gasteiger partial charge on any atom is 0.273 e. The number of fused-ring (bicyclic) bond motifs is 1. The summed E-state index contributed by atoms with van der Waals surface area (Å²) in [5.41, 5.74) is 0.961. The van der Waals surface area contributed by atoms with Gasteiger partial charge >= 0.3 is 0 Å². The lowest BCUT2D eigenvalue weighted by Gasteiger charge is -2.12. The highest BCUT2D eigenvalue weighted by Crippen LogP contribution is 2.28. The molecule has 0 radical (unpaired) electrons. The Hall–Kier alpha value is -3.27. The number of benzene rings is 2. The Morgan fingerprint density at radius 2 is 1.90 bits per heavy atom. The summed E-state index contributed by atoms with van der Waals surface area (Å²) < 4.78 is 30.4. The van der Waals surface area contributed by atoms with Crippen LogP contribution in [0, 0.1) is 17.0 Å². The molecule has 0 atom stereocenters. The third kappa shape index (κ3) is 3.78. The Bertz CT molecular complexity index is 1220. The number of nitro groups is 1. The van der Waals surface area contributed by atoms with Gasteiger partial charge in [0.2, 0.25) is 0 Å². The highest BCUT2D eigenvalue weighted by atomic mass is 32.2. The highest BCUT2D eigenvalue weighted by Gasteiger charge is 2.23. The van der Waals surface area contributed by atoms with Gasteiger partial charge in [-0.2, -0.15) is 0 Å². The SMILES string of the molecule is Cc1c([N+](=O)[O-])cccc1S(=O)(=O)Nc1cccc(-c2nnc3n2CCCCC3)c1. The van der Waals surface area contributed by atoms with Crippen molar-refractivity contribution in [1.82, 2.24) is 14.8 Å². The first-order chi connectivity index (χ1) is 14.4. The number of rotatable bonds is 5. The van der Waals surface area contributed by atoms with E-state index in [1.54, 1.807) is 18.2 Å². The van der Waals surface area contributed by atoms with Gasteiger partial charge in [0.15, 0.2) is 5.82 Å². The number of nitro benzene ring substituents is 1. The van der Waals surface area contributed by atoms with Crippen molar-refractivity contribution in [3.05, 3.63) is 64.0 Å². The molecule has 2 aromatic carbocycles. The first-order valence-corrected chi connectivity index (χ1v) is 11.1. The van der Waals surface area contributed by atoms with Gasteiger partial charge in [0.1, 0.15) is 5.82 Å². The Balaban J connectivity index is 1.67. The second kappa shape index (κ2) is 7.86. The number of anilines is 1. The van der Waals surface area contributed by atoms with E-state index in [9.17, 15) is 18.5 Å². The fraction of sp³-hybridized carbons (Fsp3) is 0.300. The van der Waals surface area contributed by atoms with Gasteiger partial charge in [-0.25, -0.2) is 8.42 Å². The van der Waals surface area contributed by atoms with Gasteiger partial charge < -0.3 is 4.57 Å². The molecule has 0 fully saturated rings. The van der Waals surface area contributed by atoms with Crippen LogP contribution in [0.4, 0.5) is 11.4 Å². The van der Waals surface area contributed by atoms with Crippen molar-refractivity contribution < 1.29 is 13.3 Å². The number of sulfonamides is 1. The summed E-state index contributed by atoms with van der Waals surface area (Å²) >= 11 is 0. The standard InChI is InChI=1S/C20H21N5O4S/c1-14-17(25(26)27)9-6-10-18(14)30(28,29)23-16-8-5-7-15(13-16)20-22-21-19-11-3-2-4-12-24(19)20/h5-10,13,23H,2-4,11-12H2,1H3. The van der Waals surface area contributed by atoms with Crippen molar-refractivity contribution in [3.8, 4) is 11.4 Å². The van der Waals surface area contributed by atoms with Gasteiger partial charge in [-0.15, -0.1) is 10.2 Å². The number of aromatic nitrogens is 3. The molecule has 156 valence electrons. The Labute approximate surface area is 174 Å². The van der Waals surface area contributed by atoms with E-state index in [0.29, 0.717) is 11.5 Å². The van der Waals surface area contributed by atoms with Crippen molar-refractivity contribution in [3.63, 3.8) is 0 Å². The molecule has 1 aliphatic heterocycles. The molecule has 0 saturated heterocycles. The number of nitrogens with one attached hydrogen (secondary N) is 1. The Morgan fingerprint density at radius 3 is 2.70 bits per heavy atom. The molecule has 0 amide bonds. The number of aryl methyl sites for hydroxylation is 1. The first-order valence-electron chi connectivity index (χ1n) is 9.66. The molecular weight excluding hydrogens is 406 g/mol. The molecule has 0 aliphatic carbocycles. The van der Waals surface area contributed by atoms with Crippen LogP contribution in [-0.4, -0.2) is 28.1 Å². The molecular formula is C20H21N5O4S. The van der Waals surface area contributed by atoms with E-state index in [1.165, 1.54) is 25.1 Å². The largest absolute Gasteiger partial charge is 0.311 e. The lowest BCUT2D eigenvalue weighted by Crippen LogP contribution is -2.15. The molecule has 30 heavy (non-hydrogen) atoms. The van der Waals surface area contributed by atoms with E-state index < -0.39 is 14.9 Å². The van der Waals surface area contributed by atoms with Crippen molar-refractivity contribution in [2.45, 2.75) is 44.0 Å². The van der Waals surface area contributed by atoms with Gasteiger partial charge in [0, 0.05) is 35.8 Å². The second-order valence-corrected chi connectivity index (χ2v) is 8.90. The fourth-order valence-electron chi connectivity index (χ4n) is 3.72. The number of hydrogen-bond acceptors (Lipinski definition) is 6. The van der Waals surface area contributed by atoms with Crippen LogP contribution >= 0.6 is 0 Å². The average Bonchev–Trinajstić information content (AvgIpc) is 2.96. The minimum absolute atomic E-state index is 0.0916. The van der Waals surface area contributed by atoms with Crippen LogP contribution < -0.4 is 4.72 Å². The van der Waals surface area contributed by atoms with Crippen molar-refractivity contribution in [2.24, 2.45) is 0 Å². The number of hydrogen-bond donors (Lipinski definition) is 1. The maximum atomic E-state index is 12.9. The highest BCUT2D eigenvalue weighted by molar-refractivity contribution is 7.92. The first kappa shape index (κ1) is 20.0. The lowest BCUT2D eigenvalue weighted by atomic mass is 10.2. The zero-order valence-corrected chi connectivity index (χ0v) is 17.2. The zero-order chi connectivity index (χ0) is 21.3.